The van der Waals surface area contributed by atoms with Gasteiger partial charge < -0.3 is 14.9 Å². The highest BCUT2D eigenvalue weighted by Gasteiger charge is 2.14. The molecule has 0 fully saturated rings. The molecule has 0 saturated carbocycles. The number of fused-ring (bicyclic) bond motifs is 1. The molecule has 0 heterocycles. The minimum absolute atomic E-state index is 0.103. The molecule has 0 saturated heterocycles. The Balaban J connectivity index is 2.82. The Kier molecular flexibility index (Phi) is 4.71. The zero-order valence-electron chi connectivity index (χ0n) is 13.0. The van der Waals surface area contributed by atoms with Crippen LogP contribution in [0.25, 0.3) is 16.8 Å². The molecule has 0 aromatic heterocycles. The number of aromatic hydroxyl groups is 1. The molecule has 0 aliphatic carbocycles. The van der Waals surface area contributed by atoms with E-state index in [-0.39, 0.29) is 11.3 Å². The van der Waals surface area contributed by atoms with E-state index >= 15 is 0 Å². The molecule has 0 unspecified atom stereocenters. The maximum atomic E-state index is 11.1. The highest BCUT2D eigenvalue weighted by atomic mass is 16.5. The van der Waals surface area contributed by atoms with Gasteiger partial charge in [-0.3, -0.25) is 0 Å². The first-order valence-electron chi connectivity index (χ1n) is 7.22. The van der Waals surface area contributed by atoms with Crippen molar-refractivity contribution in [2.24, 2.45) is 0 Å². The van der Waals surface area contributed by atoms with Crippen LogP contribution in [0.5, 0.6) is 11.5 Å². The van der Waals surface area contributed by atoms with Gasteiger partial charge in [-0.25, -0.2) is 4.79 Å². The van der Waals surface area contributed by atoms with E-state index in [1.54, 1.807) is 19.1 Å². The van der Waals surface area contributed by atoms with E-state index < -0.39 is 5.97 Å². The number of ether oxygens (including phenoxy) is 1. The summed E-state index contributed by atoms with van der Waals surface area (Å²) in [5, 5.41) is 21.1. The summed E-state index contributed by atoms with van der Waals surface area (Å²) in [7, 11) is 1.49. The van der Waals surface area contributed by atoms with Crippen LogP contribution in [0.15, 0.2) is 29.8 Å². The normalized spacial score (nSPS) is 11.7. The number of carbonyl (C=O) groups is 1. The number of hydrogen-bond donors (Lipinski definition) is 2. The van der Waals surface area contributed by atoms with Crippen LogP contribution in [0.2, 0.25) is 0 Å². The van der Waals surface area contributed by atoms with Crippen LogP contribution in [0.4, 0.5) is 0 Å². The molecule has 0 bridgehead atoms. The minimum atomic E-state index is -0.968. The van der Waals surface area contributed by atoms with Gasteiger partial charge in [-0.05, 0) is 42.0 Å². The van der Waals surface area contributed by atoms with Crippen molar-refractivity contribution in [2.45, 2.75) is 26.7 Å². The second-order valence-electron chi connectivity index (χ2n) is 5.24. The number of rotatable bonds is 5. The summed E-state index contributed by atoms with van der Waals surface area (Å²) >= 11 is 0. The van der Waals surface area contributed by atoms with Gasteiger partial charge in [0.25, 0.3) is 0 Å². The number of aliphatic carboxylic acids is 1. The van der Waals surface area contributed by atoms with Crippen LogP contribution in [0.1, 0.15) is 31.4 Å². The Labute approximate surface area is 129 Å². The van der Waals surface area contributed by atoms with Gasteiger partial charge in [0.1, 0.15) is 0 Å². The molecule has 4 heteroatoms. The standard InChI is InChI=1S/C18H20O4/c1-4-6-12-7-5-8-14-13(9-11(2)18(20)21)10-15(22-3)17(19)16(12)14/h5,7-10,19H,4,6H2,1-3H3,(H,20,21)/b11-9-. The largest absolute Gasteiger partial charge is 0.504 e. The lowest BCUT2D eigenvalue weighted by atomic mass is 9.95. The summed E-state index contributed by atoms with van der Waals surface area (Å²) in [5.41, 5.74) is 1.98. The third-order valence-electron chi connectivity index (χ3n) is 3.67. The van der Waals surface area contributed by atoms with E-state index in [1.807, 2.05) is 18.2 Å². The topological polar surface area (TPSA) is 66.8 Å². The number of hydrogen-bond acceptors (Lipinski definition) is 3. The van der Waals surface area contributed by atoms with Crippen molar-refractivity contribution in [3.63, 3.8) is 0 Å². The number of benzene rings is 2. The van der Waals surface area contributed by atoms with Crippen molar-refractivity contribution in [1.82, 2.24) is 0 Å². The smallest absolute Gasteiger partial charge is 0.331 e. The molecule has 0 radical (unpaired) electrons. The van der Waals surface area contributed by atoms with Gasteiger partial charge in [0.2, 0.25) is 0 Å². The summed E-state index contributed by atoms with van der Waals surface area (Å²) in [6, 6.07) is 7.45. The number of phenols is 1. The van der Waals surface area contributed by atoms with Crippen molar-refractivity contribution in [2.75, 3.05) is 7.11 Å². The first-order chi connectivity index (χ1) is 10.5. The lowest BCUT2D eigenvalue weighted by molar-refractivity contribution is -0.132. The number of carboxylic acids is 1. The zero-order chi connectivity index (χ0) is 16.3. The first kappa shape index (κ1) is 15.9. The van der Waals surface area contributed by atoms with E-state index in [0.29, 0.717) is 5.75 Å². The molecule has 22 heavy (non-hydrogen) atoms. The summed E-state index contributed by atoms with van der Waals surface area (Å²) < 4.78 is 5.24. The van der Waals surface area contributed by atoms with E-state index in [1.165, 1.54) is 7.11 Å². The summed E-state index contributed by atoms with van der Waals surface area (Å²) in [5.74, 6) is -0.517. The lowest BCUT2D eigenvalue weighted by Gasteiger charge is -2.14. The van der Waals surface area contributed by atoms with E-state index in [4.69, 9.17) is 9.84 Å². The molecule has 0 atom stereocenters. The monoisotopic (exact) mass is 300 g/mol. The summed E-state index contributed by atoms with van der Waals surface area (Å²) in [6.45, 7) is 3.62. The van der Waals surface area contributed by atoms with Gasteiger partial charge in [0, 0.05) is 11.0 Å². The number of aryl methyl sites for hydroxylation is 1. The van der Waals surface area contributed by atoms with Gasteiger partial charge in [-0.1, -0.05) is 31.5 Å². The van der Waals surface area contributed by atoms with Crippen molar-refractivity contribution < 1.29 is 19.7 Å². The fourth-order valence-corrected chi connectivity index (χ4v) is 2.58. The third-order valence-corrected chi connectivity index (χ3v) is 3.67. The van der Waals surface area contributed by atoms with Crippen LogP contribution < -0.4 is 4.74 Å². The van der Waals surface area contributed by atoms with Crippen LogP contribution in [0.3, 0.4) is 0 Å². The maximum absolute atomic E-state index is 11.1. The fraction of sp³-hybridized carbons (Fsp3) is 0.278. The Morgan fingerprint density at radius 3 is 2.68 bits per heavy atom. The van der Waals surface area contributed by atoms with Crippen molar-refractivity contribution >= 4 is 22.8 Å². The average molecular weight is 300 g/mol. The van der Waals surface area contributed by atoms with Crippen LogP contribution >= 0.6 is 0 Å². The Hall–Kier alpha value is -2.49. The number of phenolic OH excluding ortho intramolecular Hbond substituents is 1. The van der Waals surface area contributed by atoms with Crippen LogP contribution in [-0.2, 0) is 11.2 Å². The Morgan fingerprint density at radius 2 is 2.09 bits per heavy atom. The van der Waals surface area contributed by atoms with Gasteiger partial charge in [0.15, 0.2) is 11.5 Å². The van der Waals surface area contributed by atoms with Crippen LogP contribution in [0, 0.1) is 0 Å². The molecule has 2 aromatic rings. The average Bonchev–Trinajstić information content (AvgIpc) is 2.50. The number of methoxy groups -OCH3 is 1. The predicted octanol–water partition coefficient (Wildman–Crippen LogP) is 3.99. The van der Waals surface area contributed by atoms with Gasteiger partial charge in [-0.15, -0.1) is 0 Å². The van der Waals surface area contributed by atoms with Crippen molar-refractivity contribution in [3.8, 4) is 11.5 Å². The second-order valence-corrected chi connectivity index (χ2v) is 5.24. The highest BCUT2D eigenvalue weighted by Crippen LogP contribution is 2.40. The van der Waals surface area contributed by atoms with Gasteiger partial charge >= 0.3 is 5.97 Å². The molecule has 0 spiro atoms. The third kappa shape index (κ3) is 2.91. The second kappa shape index (κ2) is 6.52. The molecule has 0 amide bonds. The molecule has 0 aliphatic rings. The number of carboxylic acid groups (broad SMARTS) is 1. The first-order valence-corrected chi connectivity index (χ1v) is 7.22. The molecule has 2 rings (SSSR count). The molecule has 2 N–H and O–H groups in total. The molecule has 2 aromatic carbocycles. The molecule has 0 aliphatic heterocycles. The van der Waals surface area contributed by atoms with Gasteiger partial charge in [-0.2, -0.15) is 0 Å². The summed E-state index contributed by atoms with van der Waals surface area (Å²) in [6.07, 6.45) is 3.39. The summed E-state index contributed by atoms with van der Waals surface area (Å²) in [4.78, 5) is 11.1. The Morgan fingerprint density at radius 1 is 1.36 bits per heavy atom. The predicted molar refractivity (Wildman–Crippen MR) is 87.4 cm³/mol. The highest BCUT2D eigenvalue weighted by molar-refractivity contribution is 6.02. The lowest BCUT2D eigenvalue weighted by Crippen LogP contribution is -1.97. The molecule has 4 nitrogen and oxygen atoms in total. The van der Waals surface area contributed by atoms with Crippen LogP contribution in [-0.4, -0.2) is 23.3 Å². The minimum Gasteiger partial charge on any atom is -0.504 e. The molecular formula is C18H20O4. The van der Waals surface area contributed by atoms with Gasteiger partial charge in [0.05, 0.1) is 7.11 Å². The van der Waals surface area contributed by atoms with E-state index in [9.17, 15) is 9.90 Å². The molecule has 116 valence electrons. The quantitative estimate of drug-likeness (QED) is 0.819. The molecular weight excluding hydrogens is 280 g/mol. The zero-order valence-corrected chi connectivity index (χ0v) is 13.0. The SMILES string of the molecule is CCCc1cccc2c(/C=C(/C)C(=O)O)cc(OC)c(O)c12. The maximum Gasteiger partial charge on any atom is 0.331 e. The van der Waals surface area contributed by atoms with E-state index in [2.05, 4.69) is 6.92 Å². The van der Waals surface area contributed by atoms with Crippen molar-refractivity contribution in [3.05, 3.63) is 41.0 Å². The van der Waals surface area contributed by atoms with Crippen molar-refractivity contribution in [1.29, 1.82) is 0 Å². The van der Waals surface area contributed by atoms with E-state index in [0.717, 1.165) is 34.7 Å². The fourth-order valence-electron chi connectivity index (χ4n) is 2.58. The Bertz CT molecular complexity index is 744.